The van der Waals surface area contributed by atoms with E-state index in [4.69, 9.17) is 9.15 Å². The van der Waals surface area contributed by atoms with Crippen LogP contribution in [0.5, 0.6) is 0 Å². The lowest BCUT2D eigenvalue weighted by molar-refractivity contribution is -0.139. The smallest absolute Gasteiger partial charge is 0.250 e. The van der Waals surface area contributed by atoms with Gasteiger partial charge in [0.25, 0.3) is 5.91 Å². The van der Waals surface area contributed by atoms with Crippen molar-refractivity contribution in [2.75, 3.05) is 39.3 Å². The number of likely N-dealkylation sites (N-methyl/N-ethyl adjacent to an activating group) is 1. The van der Waals surface area contributed by atoms with Crippen LogP contribution in [-0.4, -0.2) is 67.2 Å². The van der Waals surface area contributed by atoms with E-state index < -0.39 is 6.10 Å². The molecule has 1 aliphatic heterocycles. The fraction of sp³-hybridized carbons (Fsp3) is 0.722. The molecular weight excluding hydrogens is 306 g/mol. The second-order valence-corrected chi connectivity index (χ2v) is 6.45. The summed E-state index contributed by atoms with van der Waals surface area (Å²) in [4.78, 5) is 17.1. The van der Waals surface area contributed by atoms with Gasteiger partial charge in [0, 0.05) is 25.7 Å². The van der Waals surface area contributed by atoms with E-state index in [-0.39, 0.29) is 11.9 Å². The molecule has 1 N–H and O–H groups in total. The van der Waals surface area contributed by atoms with Gasteiger partial charge in [-0.05, 0) is 39.1 Å². The Kier molecular flexibility index (Phi) is 7.27. The summed E-state index contributed by atoms with van der Waals surface area (Å²) in [5.41, 5.74) is 0. The van der Waals surface area contributed by atoms with Gasteiger partial charge < -0.3 is 14.5 Å². The van der Waals surface area contributed by atoms with Crippen molar-refractivity contribution >= 4 is 5.91 Å². The number of hydrogen-bond donors (Lipinski definition) is 1. The van der Waals surface area contributed by atoms with E-state index in [0.717, 1.165) is 25.4 Å². The highest BCUT2D eigenvalue weighted by atomic mass is 16.5. The van der Waals surface area contributed by atoms with Crippen LogP contribution in [0.3, 0.4) is 0 Å². The molecule has 0 aromatic carbocycles. The minimum atomic E-state index is -0.393. The molecule has 1 aromatic heterocycles. The second kappa shape index (κ2) is 9.20. The van der Waals surface area contributed by atoms with Crippen LogP contribution in [0.2, 0.25) is 0 Å². The Hall–Kier alpha value is -1.37. The Morgan fingerprint density at radius 3 is 2.75 bits per heavy atom. The van der Waals surface area contributed by atoms with E-state index in [1.807, 2.05) is 12.1 Å². The molecule has 1 aromatic rings. The maximum Gasteiger partial charge on any atom is 0.250 e. The van der Waals surface area contributed by atoms with Crippen molar-refractivity contribution in [1.29, 1.82) is 0 Å². The minimum absolute atomic E-state index is 0.0379. The predicted octanol–water partition coefficient (Wildman–Crippen LogP) is 1.89. The van der Waals surface area contributed by atoms with Gasteiger partial charge in [-0.15, -0.1) is 0 Å². The lowest BCUT2D eigenvalue weighted by atomic mass is 10.1. The number of rotatable bonds is 8. The monoisotopic (exact) mass is 337 g/mol. The molecule has 1 amide bonds. The number of hydrogen-bond acceptors (Lipinski definition) is 5. The summed E-state index contributed by atoms with van der Waals surface area (Å²) in [6, 6.07) is 4.32. The van der Waals surface area contributed by atoms with Gasteiger partial charge in [0.05, 0.1) is 18.9 Å². The molecule has 6 heteroatoms. The van der Waals surface area contributed by atoms with Crippen LogP contribution in [0.1, 0.15) is 39.5 Å². The van der Waals surface area contributed by atoms with Crippen LogP contribution in [-0.2, 0) is 9.53 Å². The number of furan rings is 1. The normalized spacial score (nSPS) is 20.5. The summed E-state index contributed by atoms with van der Waals surface area (Å²) >= 11 is 0. The van der Waals surface area contributed by atoms with E-state index in [9.17, 15) is 4.79 Å². The van der Waals surface area contributed by atoms with Gasteiger partial charge >= 0.3 is 0 Å². The lowest BCUT2D eigenvalue weighted by Crippen LogP contribution is -2.52. The first kappa shape index (κ1) is 19.0. The van der Waals surface area contributed by atoms with Crippen LogP contribution in [0.15, 0.2) is 22.8 Å². The fourth-order valence-corrected chi connectivity index (χ4v) is 3.16. The van der Waals surface area contributed by atoms with Gasteiger partial charge in [-0.3, -0.25) is 14.6 Å². The van der Waals surface area contributed by atoms with Gasteiger partial charge in [-0.1, -0.05) is 13.8 Å². The van der Waals surface area contributed by atoms with Crippen LogP contribution in [0.4, 0.5) is 0 Å². The average Bonchev–Trinajstić information content (AvgIpc) is 3.12. The summed E-state index contributed by atoms with van der Waals surface area (Å²) in [6.45, 7) is 13.0. The summed E-state index contributed by atoms with van der Waals surface area (Å²) < 4.78 is 11.2. The van der Waals surface area contributed by atoms with Crippen LogP contribution >= 0.6 is 0 Å². The molecule has 0 aliphatic carbocycles. The first-order valence-corrected chi connectivity index (χ1v) is 8.97. The van der Waals surface area contributed by atoms with Gasteiger partial charge in [0.15, 0.2) is 0 Å². The molecule has 0 bridgehead atoms. The van der Waals surface area contributed by atoms with Crippen molar-refractivity contribution in [2.45, 2.75) is 45.9 Å². The number of amides is 1. The summed E-state index contributed by atoms with van der Waals surface area (Å²) in [5.74, 6) is 0.844. The Morgan fingerprint density at radius 1 is 1.42 bits per heavy atom. The summed E-state index contributed by atoms with van der Waals surface area (Å²) in [6.07, 6.45) is 1.29. The molecule has 1 fully saturated rings. The molecule has 1 saturated heterocycles. The Morgan fingerprint density at radius 2 is 2.17 bits per heavy atom. The standard InChI is InChI=1S/C18H31N3O3/c1-5-20(6-2)15(16-8-7-10-23-16)12-19-18(22)17-13-21(14(3)4)9-11-24-17/h7-8,10,14-15,17H,5-6,9,11-13H2,1-4H3,(H,19,22). The number of nitrogens with one attached hydrogen (secondary N) is 1. The minimum Gasteiger partial charge on any atom is -0.468 e. The third-order valence-corrected chi connectivity index (χ3v) is 4.71. The number of carbonyl (C=O) groups is 1. The molecule has 2 atom stereocenters. The first-order valence-electron chi connectivity index (χ1n) is 8.97. The predicted molar refractivity (Wildman–Crippen MR) is 93.8 cm³/mol. The lowest BCUT2D eigenvalue weighted by Gasteiger charge is -2.35. The molecule has 6 nitrogen and oxygen atoms in total. The maximum absolute atomic E-state index is 12.5. The zero-order valence-corrected chi connectivity index (χ0v) is 15.3. The molecule has 2 unspecified atom stereocenters. The van der Waals surface area contributed by atoms with Gasteiger partial charge in [-0.25, -0.2) is 0 Å². The van der Waals surface area contributed by atoms with E-state index in [2.05, 4.69) is 42.8 Å². The van der Waals surface area contributed by atoms with Gasteiger partial charge in [-0.2, -0.15) is 0 Å². The Bertz CT molecular complexity index is 486. The molecule has 0 radical (unpaired) electrons. The molecule has 1 aliphatic rings. The molecule has 0 saturated carbocycles. The molecular formula is C18H31N3O3. The third kappa shape index (κ3) is 4.82. The summed E-state index contributed by atoms with van der Waals surface area (Å²) in [5, 5.41) is 3.06. The number of carbonyl (C=O) groups excluding carboxylic acids is 1. The molecule has 24 heavy (non-hydrogen) atoms. The van der Waals surface area contributed by atoms with E-state index >= 15 is 0 Å². The van der Waals surface area contributed by atoms with E-state index in [0.29, 0.717) is 25.7 Å². The fourth-order valence-electron chi connectivity index (χ4n) is 3.16. The van der Waals surface area contributed by atoms with Gasteiger partial charge in [0.2, 0.25) is 0 Å². The van der Waals surface area contributed by atoms with Crippen LogP contribution in [0.25, 0.3) is 0 Å². The van der Waals surface area contributed by atoms with Crippen molar-refractivity contribution in [3.05, 3.63) is 24.2 Å². The summed E-state index contributed by atoms with van der Waals surface area (Å²) in [7, 11) is 0. The van der Waals surface area contributed by atoms with Gasteiger partial charge in [0.1, 0.15) is 11.9 Å². The zero-order chi connectivity index (χ0) is 17.5. The molecule has 136 valence electrons. The van der Waals surface area contributed by atoms with Crippen molar-refractivity contribution in [2.24, 2.45) is 0 Å². The van der Waals surface area contributed by atoms with Crippen molar-refractivity contribution in [3.8, 4) is 0 Å². The topological polar surface area (TPSA) is 58.0 Å². The molecule has 0 spiro atoms. The quantitative estimate of drug-likeness (QED) is 0.785. The third-order valence-electron chi connectivity index (χ3n) is 4.71. The molecule has 2 rings (SSSR count). The van der Waals surface area contributed by atoms with E-state index in [1.54, 1.807) is 6.26 Å². The number of morpholine rings is 1. The van der Waals surface area contributed by atoms with Crippen molar-refractivity contribution < 1.29 is 13.9 Å². The van der Waals surface area contributed by atoms with Crippen molar-refractivity contribution in [1.82, 2.24) is 15.1 Å². The molecule has 2 heterocycles. The Balaban J connectivity index is 1.94. The highest BCUT2D eigenvalue weighted by Gasteiger charge is 2.29. The first-order chi connectivity index (χ1) is 11.6. The van der Waals surface area contributed by atoms with E-state index in [1.165, 1.54) is 0 Å². The Labute approximate surface area is 145 Å². The van der Waals surface area contributed by atoms with Crippen LogP contribution < -0.4 is 5.32 Å². The highest BCUT2D eigenvalue weighted by molar-refractivity contribution is 5.81. The second-order valence-electron chi connectivity index (χ2n) is 6.45. The zero-order valence-electron chi connectivity index (χ0n) is 15.3. The maximum atomic E-state index is 12.5. The average molecular weight is 337 g/mol. The van der Waals surface area contributed by atoms with Crippen LogP contribution in [0, 0.1) is 0 Å². The highest BCUT2D eigenvalue weighted by Crippen LogP contribution is 2.20. The van der Waals surface area contributed by atoms with Crippen molar-refractivity contribution in [3.63, 3.8) is 0 Å². The number of nitrogens with zero attached hydrogens (tertiary/aromatic N) is 2. The largest absolute Gasteiger partial charge is 0.468 e. The number of ether oxygens (including phenoxy) is 1. The SMILES string of the molecule is CCN(CC)C(CNC(=O)C1CN(C(C)C)CCO1)c1ccco1.